The highest BCUT2D eigenvalue weighted by Crippen LogP contribution is 2.30. The summed E-state index contributed by atoms with van der Waals surface area (Å²) in [6.45, 7) is 2.74. The van der Waals surface area contributed by atoms with Crippen LogP contribution >= 0.6 is 23.4 Å². The lowest BCUT2D eigenvalue weighted by Gasteiger charge is -2.28. The summed E-state index contributed by atoms with van der Waals surface area (Å²) in [5.41, 5.74) is 3.40. The van der Waals surface area contributed by atoms with Crippen LogP contribution in [0.1, 0.15) is 17.5 Å². The molecule has 31 heavy (non-hydrogen) atoms. The number of aromatic nitrogens is 3. The molecule has 0 N–H and O–H groups in total. The number of benzene rings is 2. The predicted octanol–water partition coefficient (Wildman–Crippen LogP) is 4.31. The molecule has 4 rings (SSSR count). The molecule has 8 heteroatoms. The van der Waals surface area contributed by atoms with Gasteiger partial charge in [-0.3, -0.25) is 4.79 Å². The molecule has 0 spiro atoms. The summed E-state index contributed by atoms with van der Waals surface area (Å²) in [6, 6.07) is 15.9. The molecule has 0 saturated heterocycles. The zero-order valence-corrected chi connectivity index (χ0v) is 19.0. The van der Waals surface area contributed by atoms with Crippen molar-refractivity contribution in [2.24, 2.45) is 0 Å². The summed E-state index contributed by atoms with van der Waals surface area (Å²) >= 11 is 7.82. The Bertz CT molecular complexity index is 1060. The fourth-order valence-corrected chi connectivity index (χ4v) is 4.82. The molecular weight excluding hydrogens is 432 g/mol. The van der Waals surface area contributed by atoms with Crippen LogP contribution in [0, 0.1) is 0 Å². The quantitative estimate of drug-likeness (QED) is 0.373. The fraction of sp³-hybridized carbons (Fsp3) is 0.348. The molecule has 0 radical (unpaired) electrons. The van der Waals surface area contributed by atoms with E-state index in [0.717, 1.165) is 30.1 Å². The van der Waals surface area contributed by atoms with Crippen molar-refractivity contribution in [1.82, 2.24) is 19.7 Å². The molecule has 0 bridgehead atoms. The number of fused-ring (bicyclic) bond motifs is 1. The average Bonchev–Trinajstić information content (AvgIpc) is 3.20. The first-order valence-electron chi connectivity index (χ1n) is 10.3. The second-order valence-electron chi connectivity index (χ2n) is 7.41. The van der Waals surface area contributed by atoms with Gasteiger partial charge in [0.15, 0.2) is 11.0 Å². The van der Waals surface area contributed by atoms with E-state index in [9.17, 15) is 4.79 Å². The van der Waals surface area contributed by atoms with E-state index in [0.29, 0.717) is 36.3 Å². The van der Waals surface area contributed by atoms with Crippen LogP contribution < -0.4 is 0 Å². The van der Waals surface area contributed by atoms with Crippen LogP contribution in [0.15, 0.2) is 53.7 Å². The Morgan fingerprint density at radius 1 is 1.13 bits per heavy atom. The maximum Gasteiger partial charge on any atom is 0.233 e. The minimum absolute atomic E-state index is 0.116. The Balaban J connectivity index is 1.48. The van der Waals surface area contributed by atoms with Crippen molar-refractivity contribution in [1.29, 1.82) is 0 Å². The van der Waals surface area contributed by atoms with E-state index in [1.165, 1.54) is 22.9 Å². The summed E-state index contributed by atoms with van der Waals surface area (Å²) in [6.07, 6.45) is 1.72. The largest absolute Gasteiger partial charge is 0.385 e. The lowest BCUT2D eigenvalue weighted by molar-refractivity contribution is -0.129. The van der Waals surface area contributed by atoms with Crippen molar-refractivity contribution in [3.8, 4) is 11.4 Å². The van der Waals surface area contributed by atoms with Gasteiger partial charge in [-0.05, 0) is 36.1 Å². The van der Waals surface area contributed by atoms with Gasteiger partial charge in [-0.25, -0.2) is 0 Å². The standard InChI is InChI=1S/C23H25ClN4O2S/c1-30-14-6-12-28-22(19-9-4-5-10-20(19)24)25-26-23(28)31-16-21(29)27-13-11-17-7-2-3-8-18(17)15-27/h2-5,7-10H,6,11-16H2,1H3. The van der Waals surface area contributed by atoms with Crippen LogP contribution in [0.2, 0.25) is 5.02 Å². The number of hydrogen-bond donors (Lipinski definition) is 0. The summed E-state index contributed by atoms with van der Waals surface area (Å²) < 4.78 is 7.24. The van der Waals surface area contributed by atoms with Crippen molar-refractivity contribution in [3.05, 3.63) is 64.7 Å². The van der Waals surface area contributed by atoms with E-state index in [-0.39, 0.29) is 5.91 Å². The molecular formula is C23H25ClN4O2S. The minimum atomic E-state index is 0.116. The van der Waals surface area contributed by atoms with E-state index < -0.39 is 0 Å². The van der Waals surface area contributed by atoms with E-state index in [4.69, 9.17) is 16.3 Å². The minimum Gasteiger partial charge on any atom is -0.385 e. The van der Waals surface area contributed by atoms with Crippen molar-refractivity contribution >= 4 is 29.3 Å². The number of methoxy groups -OCH3 is 1. The lowest BCUT2D eigenvalue weighted by atomic mass is 10.00. The van der Waals surface area contributed by atoms with Crippen LogP contribution in [0.3, 0.4) is 0 Å². The second-order valence-corrected chi connectivity index (χ2v) is 8.76. The molecule has 0 unspecified atom stereocenters. The number of carbonyl (C=O) groups excluding carboxylic acids is 1. The molecule has 1 aliphatic heterocycles. The topological polar surface area (TPSA) is 60.2 Å². The van der Waals surface area contributed by atoms with Crippen LogP contribution in [-0.4, -0.2) is 51.6 Å². The van der Waals surface area contributed by atoms with Gasteiger partial charge in [0.05, 0.1) is 10.8 Å². The molecule has 162 valence electrons. The highest BCUT2D eigenvalue weighted by molar-refractivity contribution is 7.99. The van der Waals surface area contributed by atoms with Crippen molar-refractivity contribution < 1.29 is 9.53 Å². The van der Waals surface area contributed by atoms with Crippen molar-refractivity contribution in [2.45, 2.75) is 31.1 Å². The van der Waals surface area contributed by atoms with Gasteiger partial charge < -0.3 is 14.2 Å². The molecule has 0 saturated carbocycles. The van der Waals surface area contributed by atoms with Gasteiger partial charge in [0, 0.05) is 38.9 Å². The molecule has 2 aromatic carbocycles. The third-order valence-corrected chi connectivity index (χ3v) is 6.65. The van der Waals surface area contributed by atoms with Gasteiger partial charge in [0.25, 0.3) is 0 Å². The van der Waals surface area contributed by atoms with Gasteiger partial charge in [-0.1, -0.05) is 59.8 Å². The Morgan fingerprint density at radius 2 is 1.90 bits per heavy atom. The van der Waals surface area contributed by atoms with Crippen molar-refractivity contribution in [2.75, 3.05) is 26.0 Å². The first-order chi connectivity index (χ1) is 15.2. The first kappa shape index (κ1) is 21.9. The zero-order chi connectivity index (χ0) is 21.6. The van der Waals surface area contributed by atoms with Crippen molar-refractivity contribution in [3.63, 3.8) is 0 Å². The SMILES string of the molecule is COCCCn1c(SCC(=O)N2CCc3ccccc3C2)nnc1-c1ccccc1Cl. The molecule has 2 heterocycles. The highest BCUT2D eigenvalue weighted by Gasteiger charge is 2.22. The summed E-state index contributed by atoms with van der Waals surface area (Å²) in [4.78, 5) is 14.8. The smallest absolute Gasteiger partial charge is 0.233 e. The summed E-state index contributed by atoms with van der Waals surface area (Å²) in [7, 11) is 1.69. The van der Waals surface area contributed by atoms with Gasteiger partial charge in [0.1, 0.15) is 0 Å². The third kappa shape index (κ3) is 5.11. The zero-order valence-electron chi connectivity index (χ0n) is 17.5. The van der Waals surface area contributed by atoms with E-state index >= 15 is 0 Å². The number of ether oxygens (including phenoxy) is 1. The number of nitrogens with zero attached hydrogens (tertiary/aromatic N) is 4. The number of rotatable bonds is 8. The van der Waals surface area contributed by atoms with Crippen LogP contribution in [0.5, 0.6) is 0 Å². The fourth-order valence-electron chi connectivity index (χ4n) is 3.73. The third-order valence-electron chi connectivity index (χ3n) is 5.37. The Hall–Kier alpha value is -2.35. The highest BCUT2D eigenvalue weighted by atomic mass is 35.5. The van der Waals surface area contributed by atoms with Gasteiger partial charge in [0.2, 0.25) is 5.91 Å². The maximum atomic E-state index is 12.9. The maximum absolute atomic E-state index is 12.9. The second kappa shape index (κ2) is 10.3. The van der Waals surface area contributed by atoms with Gasteiger partial charge in [-0.15, -0.1) is 10.2 Å². The molecule has 0 atom stereocenters. The number of thioether (sulfide) groups is 1. The molecule has 0 aliphatic carbocycles. The predicted molar refractivity (Wildman–Crippen MR) is 123 cm³/mol. The summed E-state index contributed by atoms with van der Waals surface area (Å²) in [5.74, 6) is 1.15. The first-order valence-corrected chi connectivity index (χ1v) is 11.7. The Kier molecular flexibility index (Phi) is 7.27. The average molecular weight is 457 g/mol. The van der Waals surface area contributed by atoms with Gasteiger partial charge in [-0.2, -0.15) is 0 Å². The van der Waals surface area contributed by atoms with E-state index in [1.807, 2.05) is 39.8 Å². The number of halogens is 1. The van der Waals surface area contributed by atoms with E-state index in [1.54, 1.807) is 7.11 Å². The normalized spacial score (nSPS) is 13.3. The van der Waals surface area contributed by atoms with E-state index in [2.05, 4.69) is 28.4 Å². The Morgan fingerprint density at radius 3 is 2.71 bits per heavy atom. The Labute approximate surface area is 191 Å². The van der Waals surface area contributed by atoms with Crippen LogP contribution in [0.25, 0.3) is 11.4 Å². The molecule has 1 aliphatic rings. The number of amides is 1. The number of hydrogen-bond acceptors (Lipinski definition) is 5. The van der Waals surface area contributed by atoms with Crippen LogP contribution in [0.4, 0.5) is 0 Å². The molecule has 1 amide bonds. The number of carbonyl (C=O) groups is 1. The van der Waals surface area contributed by atoms with Crippen LogP contribution in [-0.2, 0) is 29.0 Å². The molecule has 1 aromatic heterocycles. The lowest BCUT2D eigenvalue weighted by Crippen LogP contribution is -2.37. The molecule has 3 aromatic rings. The molecule has 0 fully saturated rings. The molecule has 6 nitrogen and oxygen atoms in total. The monoisotopic (exact) mass is 456 g/mol. The summed E-state index contributed by atoms with van der Waals surface area (Å²) in [5, 5.41) is 10.1. The van der Waals surface area contributed by atoms with Gasteiger partial charge >= 0.3 is 0 Å².